The Morgan fingerprint density at radius 3 is 2.56 bits per heavy atom. The molecule has 1 N–H and O–H groups in total. The first-order valence-electron chi connectivity index (χ1n) is 7.76. The van der Waals surface area contributed by atoms with Crippen molar-refractivity contribution in [3.05, 3.63) is 59.4 Å². The van der Waals surface area contributed by atoms with E-state index in [1.54, 1.807) is 12.1 Å². The van der Waals surface area contributed by atoms with Gasteiger partial charge >= 0.3 is 6.18 Å². The number of aromatic nitrogens is 5. The van der Waals surface area contributed by atoms with Gasteiger partial charge in [-0.15, -0.1) is 5.10 Å². The molecule has 0 saturated carbocycles. The Balaban J connectivity index is 1.64. The van der Waals surface area contributed by atoms with Crippen LogP contribution in [-0.2, 0) is 24.1 Å². The van der Waals surface area contributed by atoms with E-state index in [1.807, 2.05) is 0 Å². The third-order valence-corrected chi connectivity index (χ3v) is 3.53. The highest BCUT2D eigenvalue weighted by molar-refractivity contribution is 5.88. The number of amides is 1. The lowest BCUT2D eigenvalue weighted by Crippen LogP contribution is -2.24. The van der Waals surface area contributed by atoms with Gasteiger partial charge in [0.25, 0.3) is 0 Å². The maximum absolute atomic E-state index is 12.9. The number of hydrogen-bond acceptors (Lipinski definition) is 4. The van der Waals surface area contributed by atoms with Gasteiger partial charge in [0.15, 0.2) is 0 Å². The molecule has 2 aromatic heterocycles. The molecule has 0 radical (unpaired) electrons. The molecule has 7 nitrogen and oxygen atoms in total. The zero-order valence-electron chi connectivity index (χ0n) is 14.0. The smallest absolute Gasteiger partial charge is 0.292 e. The SMILES string of the molecule is Cc1cc(C(F)(F)F)n(CC(=O)Nc2ncn(Cc3ccc(F)cc3)n2)n1. The van der Waals surface area contributed by atoms with Crippen LogP contribution in [0.25, 0.3) is 0 Å². The van der Waals surface area contributed by atoms with Crippen LogP contribution in [-0.4, -0.2) is 30.5 Å². The van der Waals surface area contributed by atoms with Crippen LogP contribution in [0.15, 0.2) is 36.7 Å². The lowest BCUT2D eigenvalue weighted by atomic mass is 10.2. The molecule has 3 rings (SSSR count). The minimum absolute atomic E-state index is 0.0560. The van der Waals surface area contributed by atoms with Gasteiger partial charge in [-0.2, -0.15) is 18.3 Å². The van der Waals surface area contributed by atoms with Crippen LogP contribution >= 0.6 is 0 Å². The van der Waals surface area contributed by atoms with Crippen LogP contribution in [0.2, 0.25) is 0 Å². The Morgan fingerprint density at radius 2 is 1.89 bits per heavy atom. The fourth-order valence-corrected chi connectivity index (χ4v) is 2.40. The molecule has 0 atom stereocenters. The highest BCUT2D eigenvalue weighted by atomic mass is 19.4. The van der Waals surface area contributed by atoms with E-state index >= 15 is 0 Å². The summed E-state index contributed by atoms with van der Waals surface area (Å²) in [5.41, 5.74) is -0.0946. The van der Waals surface area contributed by atoms with Crippen LogP contribution in [0.5, 0.6) is 0 Å². The zero-order chi connectivity index (χ0) is 19.6. The highest BCUT2D eigenvalue weighted by Crippen LogP contribution is 2.29. The standard InChI is InChI=1S/C16H14F4N6O/c1-10-6-13(16(18,19)20)26(23-10)8-14(27)22-15-21-9-25(24-15)7-11-2-4-12(17)5-3-11/h2-6,9H,7-8H2,1H3,(H,22,24,27). The molecule has 0 bridgehead atoms. The summed E-state index contributed by atoms with van der Waals surface area (Å²) in [5, 5.41) is 10.0. The second-order valence-electron chi connectivity index (χ2n) is 5.77. The molecule has 142 valence electrons. The molecule has 3 aromatic rings. The van der Waals surface area contributed by atoms with Crippen LogP contribution in [0.1, 0.15) is 17.0 Å². The summed E-state index contributed by atoms with van der Waals surface area (Å²) in [6.45, 7) is 1.07. The molecule has 0 aliphatic carbocycles. The fraction of sp³-hybridized carbons (Fsp3) is 0.250. The van der Waals surface area contributed by atoms with Gasteiger partial charge in [-0.3, -0.25) is 14.8 Å². The average Bonchev–Trinajstić information content (AvgIpc) is 3.15. The number of alkyl halides is 3. The minimum Gasteiger partial charge on any atom is -0.292 e. The Hall–Kier alpha value is -3.24. The van der Waals surface area contributed by atoms with E-state index in [2.05, 4.69) is 20.5 Å². The number of nitrogens with one attached hydrogen (secondary N) is 1. The van der Waals surface area contributed by atoms with Crippen molar-refractivity contribution in [2.24, 2.45) is 0 Å². The lowest BCUT2D eigenvalue weighted by molar-refractivity contribution is -0.144. The highest BCUT2D eigenvalue weighted by Gasteiger charge is 2.35. The van der Waals surface area contributed by atoms with Gasteiger partial charge in [0, 0.05) is 0 Å². The van der Waals surface area contributed by atoms with Gasteiger partial charge in [0.2, 0.25) is 11.9 Å². The summed E-state index contributed by atoms with van der Waals surface area (Å²) in [5.74, 6) is -1.17. The van der Waals surface area contributed by atoms with E-state index < -0.39 is 24.3 Å². The summed E-state index contributed by atoms with van der Waals surface area (Å²) in [4.78, 5) is 15.9. The monoisotopic (exact) mass is 382 g/mol. The molecule has 1 amide bonds. The normalized spacial score (nSPS) is 11.6. The van der Waals surface area contributed by atoms with Crippen molar-refractivity contribution in [1.29, 1.82) is 0 Å². The molecule has 0 spiro atoms. The second-order valence-corrected chi connectivity index (χ2v) is 5.77. The Labute approximate surface area is 150 Å². The van der Waals surface area contributed by atoms with Gasteiger partial charge in [0.1, 0.15) is 24.4 Å². The third-order valence-electron chi connectivity index (χ3n) is 3.53. The number of halogens is 4. The number of rotatable bonds is 5. The topological polar surface area (TPSA) is 77.6 Å². The van der Waals surface area contributed by atoms with Crippen molar-refractivity contribution in [1.82, 2.24) is 24.5 Å². The average molecular weight is 382 g/mol. The second kappa shape index (κ2) is 7.17. The van der Waals surface area contributed by atoms with Crippen molar-refractivity contribution < 1.29 is 22.4 Å². The maximum Gasteiger partial charge on any atom is 0.433 e. The molecule has 0 fully saturated rings. The first kappa shape index (κ1) is 18.5. The fourth-order valence-electron chi connectivity index (χ4n) is 2.40. The van der Waals surface area contributed by atoms with Crippen LogP contribution in [0.3, 0.4) is 0 Å². The molecule has 2 heterocycles. The largest absolute Gasteiger partial charge is 0.433 e. The number of hydrogen-bond donors (Lipinski definition) is 1. The van der Waals surface area contributed by atoms with Gasteiger partial charge < -0.3 is 0 Å². The van der Waals surface area contributed by atoms with Gasteiger partial charge in [-0.05, 0) is 30.7 Å². The first-order chi connectivity index (χ1) is 12.7. The maximum atomic E-state index is 12.9. The van der Waals surface area contributed by atoms with Crippen molar-refractivity contribution in [2.75, 3.05) is 5.32 Å². The number of nitrogens with zero attached hydrogens (tertiary/aromatic N) is 5. The number of carbonyl (C=O) groups excluding carboxylic acids is 1. The molecular formula is C16H14F4N6O. The van der Waals surface area contributed by atoms with Crippen molar-refractivity contribution in [3.8, 4) is 0 Å². The molecule has 27 heavy (non-hydrogen) atoms. The van der Waals surface area contributed by atoms with Gasteiger partial charge in [-0.25, -0.2) is 14.1 Å². The lowest BCUT2D eigenvalue weighted by Gasteiger charge is -2.09. The molecular weight excluding hydrogens is 368 g/mol. The zero-order valence-corrected chi connectivity index (χ0v) is 14.0. The Bertz CT molecular complexity index is 945. The van der Waals surface area contributed by atoms with Crippen LogP contribution in [0, 0.1) is 12.7 Å². The summed E-state index contributed by atoms with van der Waals surface area (Å²) in [6, 6.07) is 6.63. The molecule has 1 aromatic carbocycles. The van der Waals surface area contributed by atoms with Gasteiger partial charge in [-0.1, -0.05) is 12.1 Å². The number of aryl methyl sites for hydroxylation is 1. The van der Waals surface area contributed by atoms with E-state index in [1.165, 1.54) is 30.1 Å². The van der Waals surface area contributed by atoms with E-state index in [9.17, 15) is 22.4 Å². The molecule has 11 heteroatoms. The van der Waals surface area contributed by atoms with Crippen LogP contribution < -0.4 is 5.32 Å². The Morgan fingerprint density at radius 1 is 1.19 bits per heavy atom. The summed E-state index contributed by atoms with van der Waals surface area (Å²) < 4.78 is 53.7. The molecule has 0 unspecified atom stereocenters. The minimum atomic E-state index is -4.61. The number of benzene rings is 1. The van der Waals surface area contributed by atoms with E-state index in [0.29, 0.717) is 11.2 Å². The van der Waals surface area contributed by atoms with Gasteiger partial charge in [0.05, 0.1) is 12.2 Å². The van der Waals surface area contributed by atoms with E-state index in [0.717, 1.165) is 11.6 Å². The van der Waals surface area contributed by atoms with Crippen molar-refractivity contribution in [3.63, 3.8) is 0 Å². The molecule has 0 saturated heterocycles. The predicted octanol–water partition coefficient (Wildman–Crippen LogP) is 2.63. The predicted molar refractivity (Wildman–Crippen MR) is 86.1 cm³/mol. The summed E-state index contributed by atoms with van der Waals surface area (Å²) >= 11 is 0. The summed E-state index contributed by atoms with van der Waals surface area (Å²) in [6.07, 6.45) is -3.27. The van der Waals surface area contributed by atoms with Crippen LogP contribution in [0.4, 0.5) is 23.5 Å². The molecule has 0 aliphatic heterocycles. The quantitative estimate of drug-likeness (QED) is 0.689. The van der Waals surface area contributed by atoms with E-state index in [-0.39, 0.29) is 17.5 Å². The van der Waals surface area contributed by atoms with Crippen molar-refractivity contribution in [2.45, 2.75) is 26.2 Å². The third kappa shape index (κ3) is 4.68. The summed E-state index contributed by atoms with van der Waals surface area (Å²) in [7, 11) is 0. The first-order valence-corrected chi connectivity index (χ1v) is 7.76. The number of anilines is 1. The molecule has 0 aliphatic rings. The number of carbonyl (C=O) groups is 1. The van der Waals surface area contributed by atoms with Crippen molar-refractivity contribution >= 4 is 11.9 Å². The Kier molecular flexibility index (Phi) is 4.93. The van der Waals surface area contributed by atoms with E-state index in [4.69, 9.17) is 0 Å².